The molecule has 0 aliphatic carbocycles. The second-order valence-electron chi connectivity index (χ2n) is 6.42. The molecule has 4 nitrogen and oxygen atoms in total. The summed E-state index contributed by atoms with van der Waals surface area (Å²) >= 11 is 3.23. The summed E-state index contributed by atoms with van der Waals surface area (Å²) in [6.07, 6.45) is 0.0890. The number of ether oxygens (including phenoxy) is 2. The number of carbonyl (C=O) groups excluding carboxylic acids is 2. The van der Waals surface area contributed by atoms with Crippen molar-refractivity contribution in [1.29, 1.82) is 0 Å². The Labute approximate surface area is 194 Å². The molecule has 0 aromatic heterocycles. The first-order chi connectivity index (χ1) is 15.4. The molecule has 32 heavy (non-hydrogen) atoms. The first-order valence-electron chi connectivity index (χ1n) is 9.94. The smallest absolute Gasteiger partial charge is 0.196 e. The van der Waals surface area contributed by atoms with Crippen LogP contribution in [0.15, 0.2) is 71.2 Å². The lowest BCUT2D eigenvalue weighted by molar-refractivity contribution is -0.140. The number of aldehydes is 1. The van der Waals surface area contributed by atoms with Crippen LogP contribution in [0.4, 0.5) is 8.78 Å². The van der Waals surface area contributed by atoms with E-state index in [-0.39, 0.29) is 11.1 Å². The van der Waals surface area contributed by atoms with Gasteiger partial charge in [0.15, 0.2) is 18.4 Å². The van der Waals surface area contributed by atoms with E-state index in [2.05, 4.69) is 15.9 Å². The van der Waals surface area contributed by atoms with Gasteiger partial charge in [0.1, 0.15) is 11.6 Å². The highest BCUT2D eigenvalue weighted by Crippen LogP contribution is 2.26. The zero-order valence-electron chi connectivity index (χ0n) is 17.7. The third kappa shape index (κ3) is 6.88. The molecule has 0 saturated carbocycles. The number of rotatable bonds is 8. The van der Waals surface area contributed by atoms with E-state index in [0.29, 0.717) is 24.3 Å². The number of ketones is 1. The number of hydrogen-bond acceptors (Lipinski definition) is 4. The molecule has 3 aromatic carbocycles. The minimum absolute atomic E-state index is 0.226. The zero-order valence-corrected chi connectivity index (χ0v) is 19.3. The largest absolute Gasteiger partial charge is 0.349 e. The predicted molar refractivity (Wildman–Crippen MR) is 122 cm³/mol. The Morgan fingerprint density at radius 1 is 0.938 bits per heavy atom. The number of halogens is 3. The van der Waals surface area contributed by atoms with E-state index in [1.165, 1.54) is 0 Å². The fraction of sp³-hybridized carbons (Fsp3) is 0.200. The van der Waals surface area contributed by atoms with Gasteiger partial charge in [0.05, 0.1) is 5.56 Å². The molecule has 0 aliphatic heterocycles. The van der Waals surface area contributed by atoms with E-state index in [1.807, 2.05) is 32.0 Å². The van der Waals surface area contributed by atoms with E-state index >= 15 is 0 Å². The van der Waals surface area contributed by atoms with E-state index in [0.717, 1.165) is 29.0 Å². The van der Waals surface area contributed by atoms with Crippen LogP contribution < -0.4 is 0 Å². The van der Waals surface area contributed by atoms with Crippen molar-refractivity contribution in [2.75, 3.05) is 13.2 Å². The normalized spacial score (nSPS) is 10.4. The van der Waals surface area contributed by atoms with Crippen LogP contribution in [0.5, 0.6) is 0 Å². The van der Waals surface area contributed by atoms with E-state index in [4.69, 9.17) is 9.47 Å². The van der Waals surface area contributed by atoms with Crippen molar-refractivity contribution in [2.45, 2.75) is 20.1 Å². The maximum atomic E-state index is 13.9. The average Bonchev–Trinajstić information content (AvgIpc) is 2.81. The minimum atomic E-state index is -0.768. The molecular formula is C25H23BrF2O4. The Kier molecular flexibility index (Phi) is 10.3. The lowest BCUT2D eigenvalue weighted by Gasteiger charge is -2.20. The summed E-state index contributed by atoms with van der Waals surface area (Å²) in [6.45, 7) is 4.40. The van der Waals surface area contributed by atoms with E-state index < -0.39 is 23.7 Å². The van der Waals surface area contributed by atoms with Crippen LogP contribution in [-0.2, 0) is 9.47 Å². The molecule has 0 bridgehead atoms. The maximum absolute atomic E-state index is 13.9. The predicted octanol–water partition coefficient (Wildman–Crippen LogP) is 6.53. The highest BCUT2D eigenvalue weighted by atomic mass is 79.9. The molecule has 0 radical (unpaired) electrons. The van der Waals surface area contributed by atoms with Gasteiger partial charge < -0.3 is 9.47 Å². The van der Waals surface area contributed by atoms with Gasteiger partial charge in [0.25, 0.3) is 0 Å². The number of hydrogen-bond donors (Lipinski definition) is 0. The summed E-state index contributed by atoms with van der Waals surface area (Å²) in [4.78, 5) is 22.8. The summed E-state index contributed by atoms with van der Waals surface area (Å²) in [5, 5.41) is 0. The topological polar surface area (TPSA) is 52.6 Å². The van der Waals surface area contributed by atoms with Gasteiger partial charge in [-0.15, -0.1) is 0 Å². The second-order valence-corrected chi connectivity index (χ2v) is 7.28. The first kappa shape index (κ1) is 25.5. The van der Waals surface area contributed by atoms with Crippen LogP contribution in [0.1, 0.15) is 52.0 Å². The Bertz CT molecular complexity index is 1050. The third-order valence-electron chi connectivity index (χ3n) is 4.30. The van der Waals surface area contributed by atoms with Gasteiger partial charge in [0.2, 0.25) is 0 Å². The Morgan fingerprint density at radius 3 is 2.16 bits per heavy atom. The standard InChI is InChI=1S/C18H18F2O3.C7H5BrO/c1-3-22-18(23-4-2)14-8-6-5-7-13(14)17(21)15-11-12(19)9-10-16(15)20;8-7-4-2-1-3-6(7)5-9/h5-11,18H,3-4H2,1-2H3;1-5H. The third-order valence-corrected chi connectivity index (χ3v) is 5.02. The number of carbonyl (C=O) groups is 2. The van der Waals surface area contributed by atoms with Crippen molar-refractivity contribution in [1.82, 2.24) is 0 Å². The van der Waals surface area contributed by atoms with Crippen molar-refractivity contribution < 1.29 is 27.8 Å². The van der Waals surface area contributed by atoms with Crippen LogP contribution in [0, 0.1) is 11.6 Å². The fourth-order valence-electron chi connectivity index (χ4n) is 2.83. The molecule has 168 valence electrons. The van der Waals surface area contributed by atoms with Gasteiger partial charge >= 0.3 is 0 Å². The van der Waals surface area contributed by atoms with E-state index in [1.54, 1.807) is 30.3 Å². The highest BCUT2D eigenvalue weighted by molar-refractivity contribution is 9.10. The van der Waals surface area contributed by atoms with Crippen LogP contribution in [0.3, 0.4) is 0 Å². The van der Waals surface area contributed by atoms with Crippen LogP contribution in [0.25, 0.3) is 0 Å². The molecular weight excluding hydrogens is 482 g/mol. The van der Waals surface area contributed by atoms with Crippen LogP contribution in [-0.4, -0.2) is 25.3 Å². The van der Waals surface area contributed by atoms with Crippen molar-refractivity contribution in [3.05, 3.63) is 105 Å². The van der Waals surface area contributed by atoms with Gasteiger partial charge in [-0.25, -0.2) is 8.78 Å². The average molecular weight is 505 g/mol. The molecule has 0 aliphatic rings. The monoisotopic (exact) mass is 504 g/mol. The second kappa shape index (κ2) is 13.0. The summed E-state index contributed by atoms with van der Waals surface area (Å²) in [5.74, 6) is -2.05. The molecule has 0 heterocycles. The molecule has 3 rings (SSSR count). The number of benzene rings is 3. The van der Waals surface area contributed by atoms with Gasteiger partial charge in [0, 0.05) is 34.4 Å². The Morgan fingerprint density at radius 2 is 1.56 bits per heavy atom. The first-order valence-corrected chi connectivity index (χ1v) is 10.7. The SMILES string of the molecule is CCOC(OCC)c1ccccc1C(=O)c1cc(F)ccc1F.O=Cc1ccccc1Br. The molecule has 0 spiro atoms. The quantitative estimate of drug-likeness (QED) is 0.199. The molecule has 0 amide bonds. The van der Waals surface area contributed by atoms with Crippen LogP contribution in [0.2, 0.25) is 0 Å². The van der Waals surface area contributed by atoms with Gasteiger partial charge in [-0.1, -0.05) is 58.4 Å². The van der Waals surface area contributed by atoms with Crippen molar-refractivity contribution in [3.8, 4) is 0 Å². The highest BCUT2D eigenvalue weighted by Gasteiger charge is 2.22. The lowest BCUT2D eigenvalue weighted by atomic mass is 9.97. The van der Waals surface area contributed by atoms with Crippen molar-refractivity contribution in [3.63, 3.8) is 0 Å². The molecule has 0 unspecified atom stereocenters. The molecule has 0 saturated heterocycles. The molecule has 7 heteroatoms. The maximum Gasteiger partial charge on any atom is 0.196 e. The van der Waals surface area contributed by atoms with Crippen LogP contribution >= 0.6 is 15.9 Å². The van der Waals surface area contributed by atoms with E-state index in [9.17, 15) is 18.4 Å². The fourth-order valence-corrected chi connectivity index (χ4v) is 3.21. The van der Waals surface area contributed by atoms with Crippen molar-refractivity contribution in [2.24, 2.45) is 0 Å². The summed E-state index contributed by atoms with van der Waals surface area (Å²) in [5.41, 5.74) is 1.09. The Hall–Kier alpha value is -2.74. The molecule has 3 aromatic rings. The minimum Gasteiger partial charge on any atom is -0.349 e. The molecule has 0 N–H and O–H groups in total. The summed E-state index contributed by atoms with van der Waals surface area (Å²) < 4.78 is 39.1. The van der Waals surface area contributed by atoms with Gasteiger partial charge in [-0.3, -0.25) is 9.59 Å². The van der Waals surface area contributed by atoms with Gasteiger partial charge in [-0.05, 0) is 38.1 Å². The van der Waals surface area contributed by atoms with Gasteiger partial charge in [-0.2, -0.15) is 0 Å². The molecule has 0 atom stereocenters. The molecule has 0 fully saturated rings. The Balaban J connectivity index is 0.000000336. The summed E-state index contributed by atoms with van der Waals surface area (Å²) in [6, 6.07) is 16.7. The zero-order chi connectivity index (χ0) is 23.5. The summed E-state index contributed by atoms with van der Waals surface area (Å²) in [7, 11) is 0. The van der Waals surface area contributed by atoms with Crippen molar-refractivity contribution >= 4 is 28.0 Å². The lowest BCUT2D eigenvalue weighted by Crippen LogP contribution is -2.15.